The number of methoxy groups -OCH3 is 1. The van der Waals surface area contributed by atoms with Crippen LogP contribution in [0.2, 0.25) is 0 Å². The number of ether oxygens (including phenoxy) is 1. The van der Waals surface area contributed by atoms with E-state index in [0.717, 1.165) is 3.57 Å². The van der Waals surface area contributed by atoms with Crippen molar-refractivity contribution in [2.75, 3.05) is 12.4 Å². The molecule has 0 fully saturated rings. The molecule has 5 nitrogen and oxygen atoms in total. The standard InChI is InChI=1S/C11H9IN2O3/c1-17-11(16)7-4-8(12)6-9(5-7)14-10(15)2-3-13/h4-6H,2H2,1H3,(H,14,15). The lowest BCUT2D eigenvalue weighted by atomic mass is 10.2. The number of hydrogen-bond donors (Lipinski definition) is 1. The number of nitriles is 1. The molecule has 0 heterocycles. The maximum atomic E-state index is 11.3. The molecule has 0 aromatic heterocycles. The Hall–Kier alpha value is -1.62. The van der Waals surface area contributed by atoms with Crippen LogP contribution in [0.3, 0.4) is 0 Å². The number of esters is 1. The molecule has 1 aromatic carbocycles. The highest BCUT2D eigenvalue weighted by Crippen LogP contribution is 2.17. The molecule has 0 aliphatic heterocycles. The summed E-state index contributed by atoms with van der Waals surface area (Å²) in [6.45, 7) is 0. The highest BCUT2D eigenvalue weighted by atomic mass is 127. The van der Waals surface area contributed by atoms with E-state index in [1.165, 1.54) is 13.2 Å². The number of carbonyl (C=O) groups is 2. The van der Waals surface area contributed by atoms with Crippen LogP contribution in [0.4, 0.5) is 5.69 Å². The van der Waals surface area contributed by atoms with Crippen LogP contribution in [0.25, 0.3) is 0 Å². The first-order valence-electron chi connectivity index (χ1n) is 4.62. The number of anilines is 1. The van der Waals surface area contributed by atoms with Gasteiger partial charge in [0.1, 0.15) is 6.42 Å². The van der Waals surface area contributed by atoms with Crippen LogP contribution >= 0.6 is 22.6 Å². The molecular formula is C11H9IN2O3. The third kappa shape index (κ3) is 4.03. The molecule has 1 amide bonds. The Balaban J connectivity index is 2.94. The molecule has 1 N–H and O–H groups in total. The second-order valence-electron chi connectivity index (χ2n) is 3.10. The highest BCUT2D eigenvalue weighted by Gasteiger charge is 2.09. The molecule has 0 saturated carbocycles. The van der Waals surface area contributed by atoms with Crippen LogP contribution in [0.1, 0.15) is 16.8 Å². The zero-order chi connectivity index (χ0) is 12.8. The molecule has 0 atom stereocenters. The van der Waals surface area contributed by atoms with Crippen molar-refractivity contribution in [1.82, 2.24) is 0 Å². The number of rotatable bonds is 3. The van der Waals surface area contributed by atoms with Crippen molar-refractivity contribution in [1.29, 1.82) is 5.26 Å². The van der Waals surface area contributed by atoms with E-state index in [4.69, 9.17) is 5.26 Å². The smallest absolute Gasteiger partial charge is 0.337 e. The molecule has 0 bridgehead atoms. The van der Waals surface area contributed by atoms with Gasteiger partial charge in [-0.05, 0) is 40.8 Å². The maximum Gasteiger partial charge on any atom is 0.337 e. The van der Waals surface area contributed by atoms with Gasteiger partial charge in [0.05, 0.1) is 18.7 Å². The van der Waals surface area contributed by atoms with Gasteiger partial charge in [-0.25, -0.2) is 4.79 Å². The molecule has 0 unspecified atom stereocenters. The van der Waals surface area contributed by atoms with Crippen molar-refractivity contribution in [3.05, 3.63) is 27.3 Å². The average molecular weight is 344 g/mol. The number of nitrogens with zero attached hydrogens (tertiary/aromatic N) is 1. The summed E-state index contributed by atoms with van der Waals surface area (Å²) in [7, 11) is 1.29. The van der Waals surface area contributed by atoms with Gasteiger partial charge in [0, 0.05) is 9.26 Å². The number of halogens is 1. The summed E-state index contributed by atoms with van der Waals surface area (Å²) in [5, 5.41) is 10.9. The molecule has 0 aliphatic carbocycles. The Morgan fingerprint density at radius 2 is 2.18 bits per heavy atom. The van der Waals surface area contributed by atoms with Gasteiger partial charge in [-0.1, -0.05) is 0 Å². The summed E-state index contributed by atoms with van der Waals surface area (Å²) < 4.78 is 5.38. The van der Waals surface area contributed by atoms with Gasteiger partial charge >= 0.3 is 5.97 Å². The molecule has 1 aromatic rings. The molecule has 0 radical (unpaired) electrons. The van der Waals surface area contributed by atoms with E-state index < -0.39 is 11.9 Å². The summed E-state index contributed by atoms with van der Waals surface area (Å²) >= 11 is 2.02. The number of benzene rings is 1. The number of carbonyl (C=O) groups excluding carboxylic acids is 2. The molecule has 0 aliphatic rings. The SMILES string of the molecule is COC(=O)c1cc(I)cc(NC(=O)CC#N)c1. The van der Waals surface area contributed by atoms with E-state index >= 15 is 0 Å². The van der Waals surface area contributed by atoms with Crippen LogP contribution in [-0.4, -0.2) is 19.0 Å². The second-order valence-corrected chi connectivity index (χ2v) is 4.35. The van der Waals surface area contributed by atoms with Crippen LogP contribution < -0.4 is 5.32 Å². The summed E-state index contributed by atoms with van der Waals surface area (Å²) in [5.74, 6) is -0.885. The van der Waals surface area contributed by atoms with Crippen molar-refractivity contribution in [3.63, 3.8) is 0 Å². The van der Waals surface area contributed by atoms with E-state index in [9.17, 15) is 9.59 Å². The van der Waals surface area contributed by atoms with Gasteiger partial charge < -0.3 is 10.1 Å². The predicted molar refractivity (Wildman–Crippen MR) is 69.4 cm³/mol. The van der Waals surface area contributed by atoms with Gasteiger partial charge in [0.2, 0.25) is 5.91 Å². The van der Waals surface area contributed by atoms with Crippen LogP contribution in [0.5, 0.6) is 0 Å². The van der Waals surface area contributed by atoms with E-state index in [-0.39, 0.29) is 6.42 Å². The van der Waals surface area contributed by atoms with Crippen molar-refractivity contribution in [2.45, 2.75) is 6.42 Å². The molecular weight excluding hydrogens is 335 g/mol. The van der Waals surface area contributed by atoms with Crippen LogP contribution in [0, 0.1) is 14.9 Å². The Kier molecular flexibility index (Phi) is 4.90. The normalized spacial score (nSPS) is 9.24. The lowest BCUT2D eigenvalue weighted by molar-refractivity contribution is -0.115. The molecule has 88 valence electrons. The van der Waals surface area contributed by atoms with Crippen molar-refractivity contribution in [2.24, 2.45) is 0 Å². The fourth-order valence-corrected chi connectivity index (χ4v) is 1.85. The lowest BCUT2D eigenvalue weighted by Crippen LogP contribution is -2.11. The zero-order valence-electron chi connectivity index (χ0n) is 8.99. The molecule has 17 heavy (non-hydrogen) atoms. The van der Waals surface area contributed by atoms with Gasteiger partial charge in [0.25, 0.3) is 0 Å². The minimum atomic E-state index is -0.473. The first-order chi connectivity index (χ1) is 8.06. The fourth-order valence-electron chi connectivity index (χ4n) is 1.17. The maximum absolute atomic E-state index is 11.3. The highest BCUT2D eigenvalue weighted by molar-refractivity contribution is 14.1. The first-order valence-corrected chi connectivity index (χ1v) is 5.70. The number of hydrogen-bond acceptors (Lipinski definition) is 4. The number of amides is 1. The number of nitrogens with one attached hydrogen (secondary N) is 1. The fraction of sp³-hybridized carbons (Fsp3) is 0.182. The topological polar surface area (TPSA) is 79.2 Å². The summed E-state index contributed by atoms with van der Waals surface area (Å²) in [5.41, 5.74) is 0.823. The van der Waals surface area contributed by atoms with Gasteiger partial charge in [-0.2, -0.15) is 5.26 Å². The third-order valence-electron chi connectivity index (χ3n) is 1.84. The third-order valence-corrected chi connectivity index (χ3v) is 2.47. The molecule has 1 rings (SSSR count). The molecule has 0 saturated heterocycles. The van der Waals surface area contributed by atoms with Gasteiger partial charge in [-0.3, -0.25) is 4.79 Å². The Labute approximate surface area is 112 Å². The monoisotopic (exact) mass is 344 g/mol. The van der Waals surface area contributed by atoms with E-state index in [1.807, 2.05) is 22.6 Å². The molecule has 6 heteroatoms. The summed E-state index contributed by atoms with van der Waals surface area (Å²) in [4.78, 5) is 22.6. The Morgan fingerprint density at radius 1 is 1.47 bits per heavy atom. The largest absolute Gasteiger partial charge is 0.465 e. The first kappa shape index (κ1) is 13.4. The van der Waals surface area contributed by atoms with Crippen LogP contribution in [0.15, 0.2) is 18.2 Å². The Morgan fingerprint density at radius 3 is 2.76 bits per heavy atom. The predicted octanol–water partition coefficient (Wildman–Crippen LogP) is 1.93. The second kappa shape index (κ2) is 6.20. The Bertz CT molecular complexity index is 494. The van der Waals surface area contributed by atoms with E-state index in [1.54, 1.807) is 18.2 Å². The average Bonchev–Trinajstić information content (AvgIpc) is 2.27. The minimum Gasteiger partial charge on any atom is -0.465 e. The van der Waals surface area contributed by atoms with Gasteiger partial charge in [-0.15, -0.1) is 0 Å². The van der Waals surface area contributed by atoms with Gasteiger partial charge in [0.15, 0.2) is 0 Å². The van der Waals surface area contributed by atoms with E-state index in [0.29, 0.717) is 11.3 Å². The summed E-state index contributed by atoms with van der Waals surface area (Å²) in [6, 6.07) is 6.59. The van der Waals surface area contributed by atoms with Crippen LogP contribution in [-0.2, 0) is 9.53 Å². The van der Waals surface area contributed by atoms with Crippen molar-refractivity contribution < 1.29 is 14.3 Å². The quantitative estimate of drug-likeness (QED) is 0.671. The summed E-state index contributed by atoms with van der Waals surface area (Å²) in [6.07, 6.45) is -0.223. The zero-order valence-corrected chi connectivity index (χ0v) is 11.1. The molecule has 0 spiro atoms. The van der Waals surface area contributed by atoms with Crippen molar-refractivity contribution in [3.8, 4) is 6.07 Å². The van der Waals surface area contributed by atoms with Crippen molar-refractivity contribution >= 4 is 40.2 Å². The lowest BCUT2D eigenvalue weighted by Gasteiger charge is -2.06. The minimum absolute atomic E-state index is 0.223. The van der Waals surface area contributed by atoms with E-state index in [2.05, 4.69) is 10.1 Å².